The number of aromatic nitrogens is 1. The topological polar surface area (TPSA) is 71.2 Å². The standard InChI is InChI=1S/C11H18N4OS/c1-7-3-8(2)15(4-7)5-9-6-17-11(13-9)10(16)14-12/h6-8H,3-5,12H2,1-2H3,(H,14,16). The number of rotatable bonds is 3. The zero-order valence-electron chi connectivity index (χ0n) is 10.1. The van der Waals surface area contributed by atoms with Crippen LogP contribution in [0.2, 0.25) is 0 Å². The van der Waals surface area contributed by atoms with Crippen molar-refractivity contribution in [3.05, 3.63) is 16.1 Å². The lowest BCUT2D eigenvalue weighted by Gasteiger charge is -2.19. The largest absolute Gasteiger partial charge is 0.295 e. The van der Waals surface area contributed by atoms with Gasteiger partial charge in [-0.1, -0.05) is 6.92 Å². The van der Waals surface area contributed by atoms with Crippen molar-refractivity contribution in [1.82, 2.24) is 15.3 Å². The molecule has 1 aliphatic rings. The molecule has 0 radical (unpaired) electrons. The van der Waals surface area contributed by atoms with Gasteiger partial charge in [0.2, 0.25) is 0 Å². The lowest BCUT2D eigenvalue weighted by Crippen LogP contribution is -2.30. The van der Waals surface area contributed by atoms with Crippen molar-refractivity contribution in [1.29, 1.82) is 0 Å². The fourth-order valence-electron chi connectivity index (χ4n) is 2.36. The molecule has 0 aliphatic carbocycles. The van der Waals surface area contributed by atoms with Gasteiger partial charge in [0.15, 0.2) is 5.01 Å². The molecule has 0 bridgehead atoms. The van der Waals surface area contributed by atoms with Crippen molar-refractivity contribution in [3.63, 3.8) is 0 Å². The average molecular weight is 254 g/mol. The molecule has 5 nitrogen and oxygen atoms in total. The van der Waals surface area contributed by atoms with E-state index in [2.05, 4.69) is 29.2 Å². The van der Waals surface area contributed by atoms with E-state index in [1.165, 1.54) is 17.8 Å². The van der Waals surface area contributed by atoms with Crippen molar-refractivity contribution in [2.45, 2.75) is 32.9 Å². The van der Waals surface area contributed by atoms with Crippen molar-refractivity contribution in [3.8, 4) is 0 Å². The molecular formula is C11H18N4OS. The Hall–Kier alpha value is -0.980. The van der Waals surface area contributed by atoms with Crippen molar-refractivity contribution >= 4 is 17.2 Å². The molecule has 94 valence electrons. The SMILES string of the molecule is CC1CC(C)N(Cc2csc(C(=O)NN)n2)C1. The van der Waals surface area contributed by atoms with Crippen LogP contribution in [0.4, 0.5) is 0 Å². The molecule has 0 spiro atoms. The number of hydrazine groups is 1. The number of nitrogen functional groups attached to an aromatic ring is 1. The molecule has 2 heterocycles. The number of thiazole rings is 1. The van der Waals surface area contributed by atoms with Crippen LogP contribution in [0.25, 0.3) is 0 Å². The smallest absolute Gasteiger partial charge is 0.294 e. The number of nitrogens with one attached hydrogen (secondary N) is 1. The Morgan fingerprint density at radius 1 is 1.71 bits per heavy atom. The van der Waals surface area contributed by atoms with Crippen molar-refractivity contribution < 1.29 is 4.79 Å². The van der Waals surface area contributed by atoms with Gasteiger partial charge in [0.1, 0.15) is 0 Å². The molecule has 3 N–H and O–H groups in total. The maximum atomic E-state index is 11.3. The maximum absolute atomic E-state index is 11.3. The van der Waals surface area contributed by atoms with Gasteiger partial charge in [-0.05, 0) is 19.3 Å². The first-order valence-electron chi connectivity index (χ1n) is 5.79. The quantitative estimate of drug-likeness (QED) is 0.479. The van der Waals surface area contributed by atoms with Crippen molar-refractivity contribution in [2.75, 3.05) is 6.54 Å². The van der Waals surface area contributed by atoms with Crippen LogP contribution in [0.15, 0.2) is 5.38 Å². The number of nitrogens with two attached hydrogens (primary N) is 1. The number of nitrogens with zero attached hydrogens (tertiary/aromatic N) is 2. The molecule has 2 unspecified atom stereocenters. The minimum absolute atomic E-state index is 0.316. The normalized spacial score (nSPS) is 25.1. The average Bonchev–Trinajstić information content (AvgIpc) is 2.86. The second-order valence-corrected chi connectivity index (χ2v) is 5.59. The summed E-state index contributed by atoms with van der Waals surface area (Å²) in [6.07, 6.45) is 1.24. The molecule has 17 heavy (non-hydrogen) atoms. The van der Waals surface area contributed by atoms with Crippen LogP contribution in [0.1, 0.15) is 35.8 Å². The number of likely N-dealkylation sites (tertiary alicyclic amines) is 1. The predicted molar refractivity (Wildman–Crippen MR) is 67.4 cm³/mol. The van der Waals surface area contributed by atoms with Crippen LogP contribution >= 0.6 is 11.3 Å². The van der Waals surface area contributed by atoms with Crippen LogP contribution in [0.3, 0.4) is 0 Å². The first-order chi connectivity index (χ1) is 8.10. The zero-order valence-corrected chi connectivity index (χ0v) is 11.0. The molecular weight excluding hydrogens is 236 g/mol. The van der Waals surface area contributed by atoms with Crippen molar-refractivity contribution in [2.24, 2.45) is 11.8 Å². The predicted octanol–water partition coefficient (Wildman–Crippen LogP) is 0.977. The molecule has 0 saturated carbocycles. The molecule has 1 saturated heterocycles. The van der Waals surface area contributed by atoms with E-state index >= 15 is 0 Å². The molecule has 1 amide bonds. The Kier molecular flexibility index (Phi) is 3.76. The summed E-state index contributed by atoms with van der Waals surface area (Å²) in [6, 6.07) is 0.596. The van der Waals surface area contributed by atoms with Gasteiger partial charge in [-0.3, -0.25) is 15.1 Å². The monoisotopic (exact) mass is 254 g/mol. The molecule has 1 aromatic heterocycles. The fraction of sp³-hybridized carbons (Fsp3) is 0.636. The minimum Gasteiger partial charge on any atom is -0.295 e. The zero-order chi connectivity index (χ0) is 12.4. The van der Waals surface area contributed by atoms with Gasteiger partial charge in [0, 0.05) is 24.5 Å². The molecule has 2 rings (SSSR count). The summed E-state index contributed by atoms with van der Waals surface area (Å²) in [5, 5.41) is 2.36. The summed E-state index contributed by atoms with van der Waals surface area (Å²) >= 11 is 1.34. The fourth-order valence-corrected chi connectivity index (χ4v) is 3.07. The summed E-state index contributed by atoms with van der Waals surface area (Å²) < 4.78 is 0. The van der Waals surface area contributed by atoms with E-state index < -0.39 is 0 Å². The number of hydrogen-bond acceptors (Lipinski definition) is 5. The third-order valence-corrected chi connectivity index (χ3v) is 4.05. The van der Waals surface area contributed by atoms with Crippen LogP contribution < -0.4 is 11.3 Å². The summed E-state index contributed by atoms with van der Waals surface area (Å²) in [7, 11) is 0. The number of carbonyl (C=O) groups excluding carboxylic acids is 1. The Balaban J connectivity index is 1.99. The van der Waals surface area contributed by atoms with E-state index in [0.29, 0.717) is 11.0 Å². The molecule has 6 heteroatoms. The lowest BCUT2D eigenvalue weighted by atomic mass is 10.1. The third kappa shape index (κ3) is 2.83. The van der Waals surface area contributed by atoms with Crippen LogP contribution in [0.5, 0.6) is 0 Å². The van der Waals surface area contributed by atoms with Gasteiger partial charge in [0.05, 0.1) is 5.69 Å². The van der Waals surface area contributed by atoms with E-state index in [9.17, 15) is 4.79 Å². The third-order valence-electron chi connectivity index (χ3n) is 3.16. The highest BCUT2D eigenvalue weighted by molar-refractivity contribution is 7.11. The summed E-state index contributed by atoms with van der Waals surface area (Å²) in [5.41, 5.74) is 3.05. The molecule has 0 aromatic carbocycles. The van der Waals surface area contributed by atoms with Crippen LogP contribution in [0, 0.1) is 5.92 Å². The molecule has 2 atom stereocenters. The van der Waals surface area contributed by atoms with Gasteiger partial charge in [0.25, 0.3) is 5.91 Å². The van der Waals surface area contributed by atoms with Crippen LogP contribution in [-0.4, -0.2) is 28.4 Å². The number of hydrogen-bond donors (Lipinski definition) is 2. The van der Waals surface area contributed by atoms with Gasteiger partial charge in [-0.2, -0.15) is 0 Å². The number of carbonyl (C=O) groups is 1. The Bertz CT molecular complexity index is 406. The van der Waals surface area contributed by atoms with E-state index in [-0.39, 0.29) is 5.91 Å². The van der Waals surface area contributed by atoms with E-state index in [1.807, 2.05) is 5.38 Å². The first kappa shape index (κ1) is 12.5. The lowest BCUT2D eigenvalue weighted by molar-refractivity contribution is 0.0953. The Morgan fingerprint density at radius 3 is 3.06 bits per heavy atom. The highest BCUT2D eigenvalue weighted by Crippen LogP contribution is 2.24. The van der Waals surface area contributed by atoms with Crippen LogP contribution in [-0.2, 0) is 6.54 Å². The van der Waals surface area contributed by atoms with Gasteiger partial charge in [-0.15, -0.1) is 11.3 Å². The second-order valence-electron chi connectivity index (χ2n) is 4.74. The van der Waals surface area contributed by atoms with E-state index in [1.54, 1.807) is 0 Å². The Morgan fingerprint density at radius 2 is 2.47 bits per heavy atom. The molecule has 1 aliphatic heterocycles. The van der Waals surface area contributed by atoms with Gasteiger partial charge in [-0.25, -0.2) is 10.8 Å². The highest BCUT2D eigenvalue weighted by atomic mass is 32.1. The second kappa shape index (κ2) is 5.12. The summed E-state index contributed by atoms with van der Waals surface area (Å²) in [6.45, 7) is 6.44. The minimum atomic E-state index is -0.316. The molecule has 1 aromatic rings. The molecule has 1 fully saturated rings. The Labute approximate surface area is 105 Å². The number of amides is 1. The van der Waals surface area contributed by atoms with Gasteiger partial charge < -0.3 is 0 Å². The van der Waals surface area contributed by atoms with E-state index in [4.69, 9.17) is 5.84 Å². The summed E-state index contributed by atoms with van der Waals surface area (Å²) in [5.74, 6) is 5.50. The summed E-state index contributed by atoms with van der Waals surface area (Å²) in [4.78, 5) is 18.0. The first-order valence-corrected chi connectivity index (χ1v) is 6.67. The van der Waals surface area contributed by atoms with E-state index in [0.717, 1.165) is 24.7 Å². The highest BCUT2D eigenvalue weighted by Gasteiger charge is 2.26. The van der Waals surface area contributed by atoms with Gasteiger partial charge >= 0.3 is 0 Å². The maximum Gasteiger partial charge on any atom is 0.294 e.